The van der Waals surface area contributed by atoms with Crippen LogP contribution in [-0.4, -0.2) is 22.4 Å². The van der Waals surface area contributed by atoms with E-state index in [0.717, 1.165) is 3.70 Å². The number of aryl methyl sites for hydroxylation is 1. The first-order valence-corrected chi connectivity index (χ1v) is 4.59. The van der Waals surface area contributed by atoms with Crippen LogP contribution < -0.4 is 0 Å². The molecule has 0 atom stereocenters. The highest BCUT2D eigenvalue weighted by atomic mass is 127. The van der Waals surface area contributed by atoms with Gasteiger partial charge in [0, 0.05) is 7.05 Å². The molecule has 0 saturated heterocycles. The molecule has 0 N–H and O–H groups in total. The van der Waals surface area contributed by atoms with Crippen molar-refractivity contribution in [2.75, 3.05) is 6.61 Å². The molecule has 0 bridgehead atoms. The van der Waals surface area contributed by atoms with Gasteiger partial charge in [-0.05, 0) is 29.5 Å². The third-order valence-corrected chi connectivity index (χ3v) is 2.64. The van der Waals surface area contributed by atoms with Crippen molar-refractivity contribution in [2.24, 2.45) is 7.05 Å². The van der Waals surface area contributed by atoms with E-state index in [9.17, 15) is 4.79 Å². The molecule has 5 heteroatoms. The molecule has 0 unspecified atom stereocenters. The van der Waals surface area contributed by atoms with Gasteiger partial charge in [-0.15, -0.1) is 0 Å². The second-order valence-electron chi connectivity index (χ2n) is 2.19. The summed E-state index contributed by atoms with van der Waals surface area (Å²) in [5.74, 6) is -0.310. The maximum Gasteiger partial charge on any atom is 0.342 e. The molecule has 0 spiro atoms. The zero-order valence-electron chi connectivity index (χ0n) is 6.87. The Labute approximate surface area is 84.0 Å². The third-order valence-electron chi connectivity index (χ3n) is 1.36. The van der Waals surface area contributed by atoms with Crippen molar-refractivity contribution in [3.63, 3.8) is 0 Å². The van der Waals surface area contributed by atoms with Crippen LogP contribution in [0.3, 0.4) is 0 Å². The van der Waals surface area contributed by atoms with Crippen LogP contribution in [0.2, 0.25) is 0 Å². The average molecular weight is 280 g/mol. The molecule has 12 heavy (non-hydrogen) atoms. The third kappa shape index (κ3) is 1.77. The summed E-state index contributed by atoms with van der Waals surface area (Å²) in [6.07, 6.45) is 1.51. The molecule has 4 nitrogen and oxygen atoms in total. The van der Waals surface area contributed by atoms with Crippen LogP contribution in [0.5, 0.6) is 0 Å². The van der Waals surface area contributed by atoms with Gasteiger partial charge in [0.2, 0.25) is 0 Å². The van der Waals surface area contributed by atoms with Crippen molar-refractivity contribution >= 4 is 28.6 Å². The second kappa shape index (κ2) is 3.88. The molecule has 1 aromatic heterocycles. The van der Waals surface area contributed by atoms with E-state index in [4.69, 9.17) is 4.74 Å². The van der Waals surface area contributed by atoms with E-state index in [1.54, 1.807) is 18.7 Å². The molecular formula is C7H9IN2O2. The standard InChI is InChI=1S/C7H9IN2O2/c1-3-12-7(11)5-4-9-10(2)6(5)8/h4H,3H2,1-2H3. The Hall–Kier alpha value is -0.590. The first-order chi connectivity index (χ1) is 5.66. The summed E-state index contributed by atoms with van der Waals surface area (Å²) in [6, 6.07) is 0. The van der Waals surface area contributed by atoms with Gasteiger partial charge in [-0.25, -0.2) is 4.79 Å². The topological polar surface area (TPSA) is 44.1 Å². The minimum Gasteiger partial charge on any atom is -0.462 e. The first kappa shape index (κ1) is 9.50. The molecule has 0 aromatic carbocycles. The van der Waals surface area contributed by atoms with Gasteiger partial charge in [0.25, 0.3) is 0 Å². The van der Waals surface area contributed by atoms with Crippen molar-refractivity contribution < 1.29 is 9.53 Å². The minimum atomic E-state index is -0.310. The summed E-state index contributed by atoms with van der Waals surface area (Å²) >= 11 is 2.05. The van der Waals surface area contributed by atoms with E-state index in [-0.39, 0.29) is 5.97 Å². The predicted octanol–water partition coefficient (Wildman–Crippen LogP) is 1.20. The van der Waals surface area contributed by atoms with Crippen LogP contribution in [0.4, 0.5) is 0 Å². The molecule has 0 amide bonds. The summed E-state index contributed by atoms with van der Waals surface area (Å²) in [5.41, 5.74) is 0.528. The maximum absolute atomic E-state index is 11.2. The van der Waals surface area contributed by atoms with Crippen molar-refractivity contribution in [3.8, 4) is 0 Å². The van der Waals surface area contributed by atoms with Crippen LogP contribution in [0.25, 0.3) is 0 Å². The molecule has 0 radical (unpaired) electrons. The maximum atomic E-state index is 11.2. The monoisotopic (exact) mass is 280 g/mol. The Balaban J connectivity index is 2.88. The minimum absolute atomic E-state index is 0.310. The Morgan fingerprint density at radius 2 is 2.50 bits per heavy atom. The normalized spacial score (nSPS) is 9.92. The summed E-state index contributed by atoms with van der Waals surface area (Å²) in [6.45, 7) is 2.17. The van der Waals surface area contributed by atoms with Crippen LogP contribution >= 0.6 is 22.6 Å². The van der Waals surface area contributed by atoms with E-state index < -0.39 is 0 Å². The molecular weight excluding hydrogens is 271 g/mol. The van der Waals surface area contributed by atoms with Gasteiger partial charge < -0.3 is 4.74 Å². The van der Waals surface area contributed by atoms with Gasteiger partial charge in [0.1, 0.15) is 9.26 Å². The molecule has 0 fully saturated rings. The van der Waals surface area contributed by atoms with Crippen LogP contribution in [0, 0.1) is 3.70 Å². The van der Waals surface area contributed by atoms with Crippen LogP contribution in [0.1, 0.15) is 17.3 Å². The lowest BCUT2D eigenvalue weighted by molar-refractivity contribution is 0.0525. The van der Waals surface area contributed by atoms with E-state index in [0.29, 0.717) is 12.2 Å². The van der Waals surface area contributed by atoms with E-state index >= 15 is 0 Å². The number of hydrogen-bond acceptors (Lipinski definition) is 3. The van der Waals surface area contributed by atoms with Crippen LogP contribution in [-0.2, 0) is 11.8 Å². The molecule has 1 rings (SSSR count). The lowest BCUT2D eigenvalue weighted by Gasteiger charge is -1.98. The number of carbonyl (C=O) groups excluding carboxylic acids is 1. The molecule has 1 aromatic rings. The van der Waals surface area contributed by atoms with E-state index in [2.05, 4.69) is 27.7 Å². The second-order valence-corrected chi connectivity index (χ2v) is 3.21. The highest BCUT2D eigenvalue weighted by Crippen LogP contribution is 2.11. The lowest BCUT2D eigenvalue weighted by atomic mass is 10.4. The Kier molecular flexibility index (Phi) is 3.07. The Bertz CT molecular complexity index is 296. The van der Waals surface area contributed by atoms with Gasteiger partial charge in [-0.2, -0.15) is 5.10 Å². The summed E-state index contributed by atoms with van der Waals surface area (Å²) in [5, 5.41) is 3.93. The Morgan fingerprint density at radius 3 is 2.92 bits per heavy atom. The van der Waals surface area contributed by atoms with Crippen LogP contribution in [0.15, 0.2) is 6.20 Å². The molecule has 0 saturated carbocycles. The fourth-order valence-corrected chi connectivity index (χ4v) is 1.25. The number of rotatable bonds is 2. The highest BCUT2D eigenvalue weighted by molar-refractivity contribution is 14.1. The number of esters is 1. The summed E-state index contributed by atoms with van der Waals surface area (Å²) in [4.78, 5) is 11.2. The molecule has 66 valence electrons. The van der Waals surface area contributed by atoms with Gasteiger partial charge in [0.15, 0.2) is 0 Å². The number of ether oxygens (including phenoxy) is 1. The fourth-order valence-electron chi connectivity index (χ4n) is 0.768. The lowest BCUT2D eigenvalue weighted by Crippen LogP contribution is -2.06. The van der Waals surface area contributed by atoms with Gasteiger partial charge in [-0.3, -0.25) is 4.68 Å². The van der Waals surface area contributed by atoms with Crippen molar-refractivity contribution in [2.45, 2.75) is 6.92 Å². The van der Waals surface area contributed by atoms with Gasteiger partial charge in [-0.1, -0.05) is 0 Å². The smallest absolute Gasteiger partial charge is 0.342 e. The predicted molar refractivity (Wildman–Crippen MR) is 51.9 cm³/mol. The molecule has 0 aliphatic rings. The van der Waals surface area contributed by atoms with Crippen molar-refractivity contribution in [1.82, 2.24) is 9.78 Å². The first-order valence-electron chi connectivity index (χ1n) is 3.51. The summed E-state index contributed by atoms with van der Waals surface area (Å²) in [7, 11) is 1.78. The average Bonchev–Trinajstić information content (AvgIpc) is 2.34. The van der Waals surface area contributed by atoms with E-state index in [1.165, 1.54) is 6.20 Å². The number of aromatic nitrogens is 2. The fraction of sp³-hybridized carbons (Fsp3) is 0.429. The number of halogens is 1. The van der Waals surface area contributed by atoms with Gasteiger partial charge >= 0.3 is 5.97 Å². The zero-order valence-corrected chi connectivity index (χ0v) is 9.03. The SMILES string of the molecule is CCOC(=O)c1cnn(C)c1I. The quantitative estimate of drug-likeness (QED) is 0.604. The highest BCUT2D eigenvalue weighted by Gasteiger charge is 2.14. The van der Waals surface area contributed by atoms with Crippen molar-refractivity contribution in [3.05, 3.63) is 15.5 Å². The number of hydrogen-bond donors (Lipinski definition) is 0. The van der Waals surface area contributed by atoms with E-state index in [1.807, 2.05) is 0 Å². The largest absolute Gasteiger partial charge is 0.462 e. The van der Waals surface area contributed by atoms with Crippen molar-refractivity contribution in [1.29, 1.82) is 0 Å². The molecule has 1 heterocycles. The molecule has 0 aliphatic heterocycles. The zero-order chi connectivity index (χ0) is 9.14. The molecule has 0 aliphatic carbocycles. The summed E-state index contributed by atoms with van der Waals surface area (Å²) < 4.78 is 7.25. The van der Waals surface area contributed by atoms with Gasteiger partial charge in [0.05, 0.1) is 12.8 Å². The number of carbonyl (C=O) groups is 1. The Morgan fingerprint density at radius 1 is 1.83 bits per heavy atom. The number of nitrogens with zero attached hydrogens (tertiary/aromatic N) is 2.